The van der Waals surface area contributed by atoms with Crippen LogP contribution >= 0.6 is 11.6 Å². The predicted octanol–water partition coefficient (Wildman–Crippen LogP) is 3.65. The standard InChI is InChI=1S/C17H15ClO4/c1-20-10-21-14-8-4-12(5-9-14)16-17(22-16)15(19)11-2-6-13(18)7-3-11/h2-9,16-17H,10H2,1H3. The number of epoxide rings is 1. The van der Waals surface area contributed by atoms with E-state index in [2.05, 4.69) is 0 Å². The van der Waals surface area contributed by atoms with E-state index in [1.165, 1.54) is 0 Å². The van der Waals surface area contributed by atoms with E-state index in [-0.39, 0.29) is 18.7 Å². The van der Waals surface area contributed by atoms with Crippen LogP contribution in [-0.4, -0.2) is 25.8 Å². The van der Waals surface area contributed by atoms with Gasteiger partial charge < -0.3 is 14.2 Å². The number of rotatable bonds is 6. The number of ether oxygens (including phenoxy) is 3. The number of Topliss-reactive ketones (excluding diaryl/α,β-unsaturated/α-hetero) is 1. The predicted molar refractivity (Wildman–Crippen MR) is 82.3 cm³/mol. The van der Waals surface area contributed by atoms with Crippen LogP contribution < -0.4 is 4.74 Å². The van der Waals surface area contributed by atoms with Crippen LogP contribution in [0.15, 0.2) is 48.5 Å². The van der Waals surface area contributed by atoms with Crippen molar-refractivity contribution in [2.24, 2.45) is 0 Å². The van der Waals surface area contributed by atoms with E-state index in [1.807, 2.05) is 24.3 Å². The molecule has 0 N–H and O–H groups in total. The normalized spacial score (nSPS) is 19.7. The lowest BCUT2D eigenvalue weighted by atomic mass is 10.0. The molecule has 0 saturated carbocycles. The van der Waals surface area contributed by atoms with Gasteiger partial charge in [0, 0.05) is 17.7 Å². The second kappa shape index (κ2) is 6.48. The molecule has 0 aromatic heterocycles. The quantitative estimate of drug-likeness (QED) is 0.463. The summed E-state index contributed by atoms with van der Waals surface area (Å²) < 4.78 is 15.7. The van der Waals surface area contributed by atoms with E-state index < -0.39 is 6.10 Å². The van der Waals surface area contributed by atoms with Gasteiger partial charge in [-0.1, -0.05) is 23.7 Å². The second-order valence-corrected chi connectivity index (χ2v) is 5.40. The number of hydrogen-bond donors (Lipinski definition) is 0. The molecule has 1 heterocycles. The summed E-state index contributed by atoms with van der Waals surface area (Å²) >= 11 is 5.82. The molecule has 0 bridgehead atoms. The molecule has 2 atom stereocenters. The van der Waals surface area contributed by atoms with E-state index in [1.54, 1.807) is 31.4 Å². The fourth-order valence-corrected chi connectivity index (χ4v) is 2.35. The molecule has 0 aliphatic carbocycles. The van der Waals surface area contributed by atoms with Crippen LogP contribution in [0.5, 0.6) is 5.75 Å². The third-order valence-corrected chi connectivity index (χ3v) is 3.68. The van der Waals surface area contributed by atoms with Gasteiger partial charge in [-0.2, -0.15) is 0 Å². The number of carbonyl (C=O) groups excluding carboxylic acids is 1. The van der Waals surface area contributed by atoms with Gasteiger partial charge in [-0.3, -0.25) is 4.79 Å². The fourth-order valence-electron chi connectivity index (χ4n) is 2.22. The molecule has 114 valence electrons. The first-order chi connectivity index (χ1) is 10.7. The Kier molecular flexibility index (Phi) is 4.43. The maximum Gasteiger partial charge on any atom is 0.194 e. The zero-order valence-electron chi connectivity index (χ0n) is 12.0. The number of methoxy groups -OCH3 is 1. The van der Waals surface area contributed by atoms with Gasteiger partial charge in [-0.15, -0.1) is 0 Å². The first-order valence-corrected chi connectivity index (χ1v) is 7.24. The van der Waals surface area contributed by atoms with Crippen molar-refractivity contribution in [3.05, 3.63) is 64.7 Å². The number of halogens is 1. The van der Waals surface area contributed by atoms with Gasteiger partial charge in [0.2, 0.25) is 0 Å². The van der Waals surface area contributed by atoms with Crippen molar-refractivity contribution in [1.82, 2.24) is 0 Å². The van der Waals surface area contributed by atoms with E-state index in [4.69, 9.17) is 25.8 Å². The van der Waals surface area contributed by atoms with Gasteiger partial charge in [0.15, 0.2) is 18.7 Å². The lowest BCUT2D eigenvalue weighted by molar-refractivity contribution is 0.0511. The van der Waals surface area contributed by atoms with Crippen molar-refractivity contribution in [3.8, 4) is 5.75 Å². The Balaban J connectivity index is 1.64. The molecule has 4 nitrogen and oxygen atoms in total. The van der Waals surface area contributed by atoms with Crippen molar-refractivity contribution >= 4 is 17.4 Å². The average molecular weight is 319 g/mol. The van der Waals surface area contributed by atoms with Crippen LogP contribution in [-0.2, 0) is 9.47 Å². The molecule has 0 amide bonds. The Morgan fingerprint density at radius 2 is 1.82 bits per heavy atom. The minimum absolute atomic E-state index is 0.0265. The Morgan fingerprint density at radius 1 is 1.14 bits per heavy atom. The SMILES string of the molecule is COCOc1ccc(C2OC2C(=O)c2ccc(Cl)cc2)cc1. The summed E-state index contributed by atoms with van der Waals surface area (Å²) in [5, 5.41) is 0.608. The Morgan fingerprint density at radius 3 is 2.45 bits per heavy atom. The maximum atomic E-state index is 12.3. The molecule has 1 aliphatic rings. The fraction of sp³-hybridized carbons (Fsp3) is 0.235. The van der Waals surface area contributed by atoms with Crippen molar-refractivity contribution in [2.75, 3.05) is 13.9 Å². The summed E-state index contributed by atoms with van der Waals surface area (Å²) in [4.78, 5) is 12.3. The molecule has 3 rings (SSSR count). The van der Waals surface area contributed by atoms with Crippen LogP contribution in [0.4, 0.5) is 0 Å². The lowest BCUT2D eigenvalue weighted by Gasteiger charge is -2.04. The molecule has 2 aromatic rings. The van der Waals surface area contributed by atoms with Gasteiger partial charge in [-0.05, 0) is 42.0 Å². The van der Waals surface area contributed by atoms with Crippen LogP contribution in [0, 0.1) is 0 Å². The van der Waals surface area contributed by atoms with Crippen LogP contribution in [0.25, 0.3) is 0 Å². The highest BCUT2D eigenvalue weighted by atomic mass is 35.5. The molecule has 1 fully saturated rings. The summed E-state index contributed by atoms with van der Waals surface area (Å²) in [6.45, 7) is 0.205. The monoisotopic (exact) mass is 318 g/mol. The molecule has 0 spiro atoms. The summed E-state index contributed by atoms with van der Waals surface area (Å²) in [7, 11) is 1.57. The maximum absolute atomic E-state index is 12.3. The molecule has 0 radical (unpaired) electrons. The minimum Gasteiger partial charge on any atom is -0.468 e. The summed E-state index contributed by atoms with van der Waals surface area (Å²) in [5.41, 5.74) is 1.56. The van der Waals surface area contributed by atoms with Crippen molar-refractivity contribution in [2.45, 2.75) is 12.2 Å². The smallest absolute Gasteiger partial charge is 0.194 e. The third kappa shape index (κ3) is 3.30. The van der Waals surface area contributed by atoms with Gasteiger partial charge in [0.25, 0.3) is 0 Å². The third-order valence-electron chi connectivity index (χ3n) is 3.43. The number of carbonyl (C=O) groups is 1. The average Bonchev–Trinajstić information content (AvgIpc) is 3.34. The van der Waals surface area contributed by atoms with Crippen molar-refractivity contribution in [3.63, 3.8) is 0 Å². The van der Waals surface area contributed by atoms with Gasteiger partial charge in [0.05, 0.1) is 0 Å². The zero-order valence-corrected chi connectivity index (χ0v) is 12.7. The van der Waals surface area contributed by atoms with E-state index >= 15 is 0 Å². The van der Waals surface area contributed by atoms with Gasteiger partial charge >= 0.3 is 0 Å². The first-order valence-electron chi connectivity index (χ1n) is 6.86. The highest BCUT2D eigenvalue weighted by Gasteiger charge is 2.46. The van der Waals surface area contributed by atoms with E-state index in [0.29, 0.717) is 16.3 Å². The Bertz CT molecular complexity index is 651. The molecule has 1 saturated heterocycles. The molecule has 5 heteroatoms. The molecular weight excluding hydrogens is 304 g/mol. The Hall–Kier alpha value is -1.88. The van der Waals surface area contributed by atoms with Crippen molar-refractivity contribution in [1.29, 1.82) is 0 Å². The van der Waals surface area contributed by atoms with Crippen LogP contribution in [0.2, 0.25) is 5.02 Å². The Labute approximate surface area is 133 Å². The molecule has 22 heavy (non-hydrogen) atoms. The topological polar surface area (TPSA) is 48.1 Å². The number of hydrogen-bond acceptors (Lipinski definition) is 4. The van der Waals surface area contributed by atoms with Crippen LogP contribution in [0.1, 0.15) is 22.0 Å². The summed E-state index contributed by atoms with van der Waals surface area (Å²) in [5.74, 6) is 0.688. The largest absolute Gasteiger partial charge is 0.468 e. The molecular formula is C17H15ClO4. The zero-order chi connectivity index (χ0) is 15.5. The van der Waals surface area contributed by atoms with E-state index in [9.17, 15) is 4.79 Å². The van der Waals surface area contributed by atoms with Gasteiger partial charge in [0.1, 0.15) is 11.9 Å². The first kappa shape index (κ1) is 15.0. The number of ketones is 1. The second-order valence-electron chi connectivity index (χ2n) is 4.97. The van der Waals surface area contributed by atoms with Gasteiger partial charge in [-0.25, -0.2) is 0 Å². The van der Waals surface area contributed by atoms with E-state index in [0.717, 1.165) is 5.56 Å². The molecule has 2 unspecified atom stereocenters. The molecule has 2 aromatic carbocycles. The highest BCUT2D eigenvalue weighted by molar-refractivity contribution is 6.30. The number of benzene rings is 2. The minimum atomic E-state index is -0.424. The lowest BCUT2D eigenvalue weighted by Crippen LogP contribution is -2.08. The van der Waals surface area contributed by atoms with Crippen LogP contribution in [0.3, 0.4) is 0 Å². The summed E-state index contributed by atoms with van der Waals surface area (Å²) in [6.07, 6.45) is -0.619. The molecule has 1 aliphatic heterocycles. The van der Waals surface area contributed by atoms with Crippen molar-refractivity contribution < 1.29 is 19.0 Å². The highest BCUT2D eigenvalue weighted by Crippen LogP contribution is 2.41. The summed E-state index contributed by atoms with van der Waals surface area (Å²) in [6, 6.07) is 14.3.